The number of hydrogen-bond donors (Lipinski definition) is 2. The summed E-state index contributed by atoms with van der Waals surface area (Å²) in [6, 6.07) is 14.9. The molecule has 0 radical (unpaired) electrons. The Kier molecular flexibility index (Phi) is 7.57. The first-order chi connectivity index (χ1) is 13.7. The Morgan fingerprint density at radius 2 is 1.43 bits per heavy atom. The van der Waals surface area contributed by atoms with Crippen LogP contribution in [0.2, 0.25) is 0 Å². The second kappa shape index (κ2) is 10.3. The second-order valence-electron chi connectivity index (χ2n) is 7.51. The Morgan fingerprint density at radius 1 is 0.750 bits per heavy atom. The number of piperazine rings is 1. The van der Waals surface area contributed by atoms with Crippen LogP contribution < -0.4 is 24.0 Å². The molecule has 1 fully saturated rings. The van der Waals surface area contributed by atoms with Crippen molar-refractivity contribution in [3.63, 3.8) is 0 Å². The fourth-order valence-corrected chi connectivity index (χ4v) is 4.14. The first-order valence-electron chi connectivity index (χ1n) is 10.2. The number of hydrogen-bond acceptors (Lipinski definition) is 3. The van der Waals surface area contributed by atoms with Crippen molar-refractivity contribution in [1.29, 1.82) is 0 Å². The SMILES string of the molecule is COc1ccc(C[NH+]2CC[NH+](CCCc3ccccc3)CC2)c(OC)c1OC. The molecule has 0 saturated carbocycles. The molecule has 2 aromatic carbocycles. The molecule has 0 unspecified atom stereocenters. The predicted molar refractivity (Wildman–Crippen MR) is 111 cm³/mol. The highest BCUT2D eigenvalue weighted by Crippen LogP contribution is 2.39. The van der Waals surface area contributed by atoms with Crippen LogP contribution >= 0.6 is 0 Å². The van der Waals surface area contributed by atoms with Gasteiger partial charge in [-0.2, -0.15) is 0 Å². The van der Waals surface area contributed by atoms with E-state index in [1.165, 1.54) is 56.7 Å². The second-order valence-corrected chi connectivity index (χ2v) is 7.51. The number of nitrogens with one attached hydrogen (secondary N) is 2. The monoisotopic (exact) mass is 386 g/mol. The highest BCUT2D eigenvalue weighted by molar-refractivity contribution is 5.55. The van der Waals surface area contributed by atoms with E-state index in [2.05, 4.69) is 36.4 Å². The molecule has 0 aliphatic carbocycles. The highest BCUT2D eigenvalue weighted by atomic mass is 16.5. The minimum Gasteiger partial charge on any atom is -0.493 e. The third kappa shape index (κ3) is 5.18. The van der Waals surface area contributed by atoms with Crippen LogP contribution in [0.3, 0.4) is 0 Å². The van der Waals surface area contributed by atoms with Crippen LogP contribution in [-0.2, 0) is 13.0 Å². The quantitative estimate of drug-likeness (QED) is 0.664. The smallest absolute Gasteiger partial charge is 0.203 e. The Bertz CT molecular complexity index is 728. The van der Waals surface area contributed by atoms with E-state index in [0.29, 0.717) is 11.5 Å². The van der Waals surface area contributed by atoms with E-state index in [1.807, 2.05) is 6.07 Å². The van der Waals surface area contributed by atoms with Crippen molar-refractivity contribution in [2.45, 2.75) is 19.4 Å². The molecule has 152 valence electrons. The largest absolute Gasteiger partial charge is 0.493 e. The summed E-state index contributed by atoms with van der Waals surface area (Å²) < 4.78 is 16.6. The predicted octanol–water partition coefficient (Wildman–Crippen LogP) is 0.629. The van der Waals surface area contributed by atoms with Crippen LogP contribution in [0.4, 0.5) is 0 Å². The van der Waals surface area contributed by atoms with Gasteiger partial charge in [0.15, 0.2) is 11.5 Å². The summed E-state index contributed by atoms with van der Waals surface area (Å²) in [6.07, 6.45) is 2.45. The van der Waals surface area contributed by atoms with Gasteiger partial charge in [0.05, 0.1) is 33.4 Å². The lowest BCUT2D eigenvalue weighted by molar-refractivity contribution is -1.02. The molecule has 28 heavy (non-hydrogen) atoms. The molecule has 0 bridgehead atoms. The molecule has 1 saturated heterocycles. The molecular formula is C23H34N2O3+2. The first kappa shape index (κ1) is 20.5. The van der Waals surface area contributed by atoms with Gasteiger partial charge in [0.1, 0.15) is 32.7 Å². The lowest BCUT2D eigenvalue weighted by Gasteiger charge is -2.30. The van der Waals surface area contributed by atoms with Gasteiger partial charge >= 0.3 is 0 Å². The maximum absolute atomic E-state index is 5.64. The number of benzene rings is 2. The van der Waals surface area contributed by atoms with Crippen molar-refractivity contribution in [2.75, 3.05) is 54.1 Å². The summed E-state index contributed by atoms with van der Waals surface area (Å²) in [5.41, 5.74) is 2.63. The van der Waals surface area contributed by atoms with Gasteiger partial charge in [-0.15, -0.1) is 0 Å². The Labute approximate surface area is 168 Å². The summed E-state index contributed by atoms with van der Waals surface area (Å²) in [6.45, 7) is 7.08. The van der Waals surface area contributed by atoms with Gasteiger partial charge in [0, 0.05) is 6.42 Å². The van der Waals surface area contributed by atoms with E-state index in [0.717, 1.165) is 12.3 Å². The molecule has 0 amide bonds. The van der Waals surface area contributed by atoms with Gasteiger partial charge in [-0.1, -0.05) is 30.3 Å². The van der Waals surface area contributed by atoms with Gasteiger partial charge in [-0.3, -0.25) is 0 Å². The molecule has 1 heterocycles. The third-order valence-electron chi connectivity index (χ3n) is 5.73. The zero-order chi connectivity index (χ0) is 19.8. The van der Waals surface area contributed by atoms with Gasteiger partial charge < -0.3 is 24.0 Å². The summed E-state index contributed by atoms with van der Waals surface area (Å²) in [5, 5.41) is 0. The van der Waals surface area contributed by atoms with Crippen LogP contribution in [0.15, 0.2) is 42.5 Å². The normalized spacial score (nSPS) is 19.2. The highest BCUT2D eigenvalue weighted by Gasteiger charge is 2.25. The van der Waals surface area contributed by atoms with Gasteiger partial charge in [0.25, 0.3) is 0 Å². The van der Waals surface area contributed by atoms with E-state index in [-0.39, 0.29) is 0 Å². The zero-order valence-corrected chi connectivity index (χ0v) is 17.4. The average Bonchev–Trinajstić information content (AvgIpc) is 2.75. The molecule has 1 aliphatic heterocycles. The summed E-state index contributed by atoms with van der Waals surface area (Å²) in [7, 11) is 5.02. The van der Waals surface area contributed by atoms with Crippen molar-refractivity contribution in [3.05, 3.63) is 53.6 Å². The molecule has 0 atom stereocenters. The Balaban J connectivity index is 1.49. The molecule has 2 aromatic rings. The molecule has 0 spiro atoms. The van der Waals surface area contributed by atoms with Crippen molar-refractivity contribution >= 4 is 0 Å². The van der Waals surface area contributed by atoms with Gasteiger partial charge in [0.2, 0.25) is 5.75 Å². The molecule has 2 N–H and O–H groups in total. The minimum absolute atomic E-state index is 0.687. The van der Waals surface area contributed by atoms with Crippen LogP contribution in [0.1, 0.15) is 17.5 Å². The van der Waals surface area contributed by atoms with E-state index in [4.69, 9.17) is 14.2 Å². The van der Waals surface area contributed by atoms with E-state index in [9.17, 15) is 0 Å². The van der Waals surface area contributed by atoms with Crippen molar-refractivity contribution in [1.82, 2.24) is 0 Å². The number of methoxy groups -OCH3 is 3. The van der Waals surface area contributed by atoms with Crippen LogP contribution in [0, 0.1) is 0 Å². The van der Waals surface area contributed by atoms with E-state index < -0.39 is 0 Å². The summed E-state index contributed by atoms with van der Waals surface area (Å²) in [5.74, 6) is 2.20. The Morgan fingerprint density at radius 3 is 2.07 bits per heavy atom. The van der Waals surface area contributed by atoms with E-state index >= 15 is 0 Å². The number of quaternary nitrogens is 2. The average molecular weight is 387 g/mol. The Hall–Kier alpha value is -2.24. The standard InChI is InChI=1S/C23H32N2O3/c1-26-21-12-11-20(22(27-2)23(21)28-3)18-25-16-14-24(15-17-25)13-7-10-19-8-5-4-6-9-19/h4-6,8-9,11-12H,7,10,13-18H2,1-3H3/p+2. The van der Waals surface area contributed by atoms with Crippen molar-refractivity contribution < 1.29 is 24.0 Å². The third-order valence-corrected chi connectivity index (χ3v) is 5.73. The maximum Gasteiger partial charge on any atom is 0.203 e. The molecule has 3 rings (SSSR count). The van der Waals surface area contributed by atoms with Gasteiger partial charge in [-0.05, 0) is 24.1 Å². The van der Waals surface area contributed by atoms with E-state index in [1.54, 1.807) is 31.1 Å². The maximum atomic E-state index is 5.64. The topological polar surface area (TPSA) is 36.6 Å². The lowest BCUT2D eigenvalue weighted by Crippen LogP contribution is -3.27. The summed E-state index contributed by atoms with van der Waals surface area (Å²) >= 11 is 0. The molecular weight excluding hydrogens is 352 g/mol. The number of ether oxygens (including phenoxy) is 3. The van der Waals surface area contributed by atoms with Gasteiger partial charge in [-0.25, -0.2) is 0 Å². The van der Waals surface area contributed by atoms with Crippen molar-refractivity contribution in [3.8, 4) is 17.2 Å². The van der Waals surface area contributed by atoms with Crippen LogP contribution in [0.5, 0.6) is 17.2 Å². The summed E-state index contributed by atoms with van der Waals surface area (Å²) in [4.78, 5) is 3.34. The van der Waals surface area contributed by atoms with Crippen molar-refractivity contribution in [2.24, 2.45) is 0 Å². The molecule has 5 heteroatoms. The number of aryl methyl sites for hydroxylation is 1. The van der Waals surface area contributed by atoms with Crippen LogP contribution in [-0.4, -0.2) is 54.1 Å². The van der Waals surface area contributed by atoms with Crippen LogP contribution in [0.25, 0.3) is 0 Å². The fraction of sp³-hybridized carbons (Fsp3) is 0.478. The minimum atomic E-state index is 0.687. The lowest BCUT2D eigenvalue weighted by atomic mass is 10.1. The molecule has 5 nitrogen and oxygen atoms in total. The fourth-order valence-electron chi connectivity index (χ4n) is 4.14. The first-order valence-corrected chi connectivity index (χ1v) is 10.2. The molecule has 1 aliphatic rings. The zero-order valence-electron chi connectivity index (χ0n) is 17.4. The molecule has 0 aromatic heterocycles. The number of rotatable bonds is 9.